The number of hydrogen-bond acceptors (Lipinski definition) is 1. The molecule has 1 nitrogen and oxygen atoms in total. The summed E-state index contributed by atoms with van der Waals surface area (Å²) in [4.78, 5) is 0. The van der Waals surface area contributed by atoms with Gasteiger partial charge in [0.1, 0.15) is 0 Å². The van der Waals surface area contributed by atoms with Crippen molar-refractivity contribution < 1.29 is 8.78 Å². The van der Waals surface area contributed by atoms with Crippen molar-refractivity contribution in [1.82, 2.24) is 5.32 Å². The fraction of sp³-hybridized carbons (Fsp3) is 0.647. The Morgan fingerprint density at radius 1 is 1.15 bits per heavy atom. The summed E-state index contributed by atoms with van der Waals surface area (Å²) in [7, 11) is 0. The number of halogens is 2. The summed E-state index contributed by atoms with van der Waals surface area (Å²) in [6.07, 6.45) is 7.57. The number of rotatable bonds is 5. The van der Waals surface area contributed by atoms with Crippen LogP contribution in [-0.4, -0.2) is 6.04 Å². The van der Waals surface area contributed by atoms with Crippen molar-refractivity contribution in [3.63, 3.8) is 0 Å². The number of nitrogens with one attached hydrogen (secondary N) is 1. The third-order valence-corrected chi connectivity index (χ3v) is 4.47. The van der Waals surface area contributed by atoms with Crippen LogP contribution in [0.25, 0.3) is 0 Å². The zero-order chi connectivity index (χ0) is 14.5. The van der Waals surface area contributed by atoms with E-state index in [0.717, 1.165) is 11.5 Å². The zero-order valence-corrected chi connectivity index (χ0v) is 12.5. The molecule has 1 atom stereocenters. The molecule has 0 saturated heterocycles. The second-order valence-electron chi connectivity index (χ2n) is 6.07. The van der Waals surface area contributed by atoms with Gasteiger partial charge in [0.2, 0.25) is 0 Å². The summed E-state index contributed by atoms with van der Waals surface area (Å²) in [5.74, 6) is -0.652. The van der Waals surface area contributed by atoms with Crippen molar-refractivity contribution in [3.8, 4) is 0 Å². The Kier molecular flexibility index (Phi) is 5.53. The lowest BCUT2D eigenvalue weighted by Gasteiger charge is -2.31. The molecule has 1 unspecified atom stereocenters. The van der Waals surface area contributed by atoms with Crippen LogP contribution in [0.1, 0.15) is 64.0 Å². The minimum atomic E-state index is -0.777. The van der Waals surface area contributed by atoms with Crippen molar-refractivity contribution >= 4 is 0 Å². The maximum absolute atomic E-state index is 13.3. The van der Waals surface area contributed by atoms with Crippen molar-refractivity contribution in [2.75, 3.05) is 0 Å². The first kappa shape index (κ1) is 15.4. The molecule has 0 spiro atoms. The molecule has 1 saturated carbocycles. The van der Waals surface area contributed by atoms with Gasteiger partial charge < -0.3 is 5.32 Å². The Bertz CT molecular complexity index is 425. The van der Waals surface area contributed by atoms with Crippen LogP contribution in [0.4, 0.5) is 8.78 Å². The van der Waals surface area contributed by atoms with Gasteiger partial charge in [-0.15, -0.1) is 0 Å². The van der Waals surface area contributed by atoms with Gasteiger partial charge in [-0.2, -0.15) is 0 Å². The van der Waals surface area contributed by atoms with E-state index in [-0.39, 0.29) is 6.04 Å². The molecule has 112 valence electrons. The molecule has 0 amide bonds. The third-order valence-electron chi connectivity index (χ3n) is 4.47. The van der Waals surface area contributed by atoms with Gasteiger partial charge in [0.15, 0.2) is 11.6 Å². The van der Waals surface area contributed by atoms with Crippen molar-refractivity contribution in [2.45, 2.75) is 64.5 Å². The summed E-state index contributed by atoms with van der Waals surface area (Å²) in [5, 5.41) is 3.56. The Morgan fingerprint density at radius 3 is 2.45 bits per heavy atom. The Hall–Kier alpha value is -0.960. The minimum absolute atomic E-state index is 0.0674. The third kappa shape index (κ3) is 4.02. The maximum atomic E-state index is 13.3. The molecule has 0 aliphatic heterocycles. The summed E-state index contributed by atoms with van der Waals surface area (Å²) in [6, 6.07) is 4.75. The van der Waals surface area contributed by atoms with E-state index in [0.29, 0.717) is 6.04 Å². The van der Waals surface area contributed by atoms with Gasteiger partial charge in [0, 0.05) is 12.1 Å². The van der Waals surface area contributed by atoms with Crippen LogP contribution in [0, 0.1) is 17.6 Å². The summed E-state index contributed by atoms with van der Waals surface area (Å²) >= 11 is 0. The first-order valence-corrected chi connectivity index (χ1v) is 7.81. The number of hydrogen-bond donors (Lipinski definition) is 1. The van der Waals surface area contributed by atoms with E-state index in [4.69, 9.17) is 0 Å². The van der Waals surface area contributed by atoms with Gasteiger partial charge in [-0.25, -0.2) is 8.78 Å². The fourth-order valence-corrected chi connectivity index (χ4v) is 3.26. The highest BCUT2D eigenvalue weighted by Gasteiger charge is 2.22. The Morgan fingerprint density at radius 2 is 1.85 bits per heavy atom. The summed E-state index contributed by atoms with van der Waals surface area (Å²) in [6.45, 7) is 4.26. The van der Waals surface area contributed by atoms with E-state index in [9.17, 15) is 8.78 Å². The molecule has 1 N–H and O–H groups in total. The van der Waals surface area contributed by atoms with Gasteiger partial charge in [0.05, 0.1) is 0 Å². The molecule has 20 heavy (non-hydrogen) atoms. The molecule has 1 aliphatic rings. The van der Waals surface area contributed by atoms with Crippen molar-refractivity contribution in [3.05, 3.63) is 35.4 Å². The molecule has 0 aromatic heterocycles. The van der Waals surface area contributed by atoms with E-state index < -0.39 is 11.6 Å². The molecule has 1 aromatic rings. The highest BCUT2D eigenvalue weighted by molar-refractivity contribution is 5.20. The van der Waals surface area contributed by atoms with Gasteiger partial charge >= 0.3 is 0 Å². The quantitative estimate of drug-likeness (QED) is 0.803. The van der Waals surface area contributed by atoms with Crippen LogP contribution in [0.3, 0.4) is 0 Å². The first-order valence-electron chi connectivity index (χ1n) is 7.81. The summed E-state index contributed by atoms with van der Waals surface area (Å²) in [5.41, 5.74) is 0.819. The average Bonchev–Trinajstić information content (AvgIpc) is 2.44. The monoisotopic (exact) mass is 281 g/mol. The van der Waals surface area contributed by atoms with Crippen LogP contribution in [0.15, 0.2) is 18.2 Å². The topological polar surface area (TPSA) is 12.0 Å². The molecule has 1 aromatic carbocycles. The second-order valence-corrected chi connectivity index (χ2v) is 6.07. The molecular formula is C17H25F2N. The SMILES string of the molecule is CCCC1CCC(NC(C)c2ccc(F)c(F)c2)CC1. The van der Waals surface area contributed by atoms with Gasteiger partial charge in [-0.05, 0) is 56.2 Å². The Balaban J connectivity index is 1.85. The molecule has 3 heteroatoms. The first-order chi connectivity index (χ1) is 9.60. The predicted octanol–water partition coefficient (Wildman–Crippen LogP) is 4.97. The van der Waals surface area contributed by atoms with Crippen LogP contribution in [0.2, 0.25) is 0 Å². The lowest BCUT2D eigenvalue weighted by molar-refractivity contribution is 0.266. The standard InChI is InChI=1S/C17H25F2N/c1-3-4-13-5-8-15(9-6-13)20-12(2)14-7-10-16(18)17(19)11-14/h7,10-13,15,20H,3-6,8-9H2,1-2H3. The predicted molar refractivity (Wildman–Crippen MR) is 78.6 cm³/mol. The van der Waals surface area contributed by atoms with Crippen molar-refractivity contribution in [2.24, 2.45) is 5.92 Å². The summed E-state index contributed by atoms with van der Waals surface area (Å²) < 4.78 is 26.2. The lowest BCUT2D eigenvalue weighted by Crippen LogP contribution is -2.35. The second kappa shape index (κ2) is 7.16. The fourth-order valence-electron chi connectivity index (χ4n) is 3.26. The number of benzene rings is 1. The van der Waals surface area contributed by atoms with Crippen LogP contribution >= 0.6 is 0 Å². The normalized spacial score (nSPS) is 24.6. The molecule has 0 bridgehead atoms. The van der Waals surface area contributed by atoms with Crippen molar-refractivity contribution in [1.29, 1.82) is 0 Å². The molecule has 0 heterocycles. The average molecular weight is 281 g/mol. The zero-order valence-electron chi connectivity index (χ0n) is 12.5. The smallest absolute Gasteiger partial charge is 0.159 e. The molecule has 1 aliphatic carbocycles. The molecule has 1 fully saturated rings. The van der Waals surface area contributed by atoms with Crippen LogP contribution in [-0.2, 0) is 0 Å². The van der Waals surface area contributed by atoms with E-state index in [1.807, 2.05) is 6.92 Å². The van der Waals surface area contributed by atoms with Crippen LogP contribution in [0.5, 0.6) is 0 Å². The minimum Gasteiger partial charge on any atom is -0.307 e. The largest absolute Gasteiger partial charge is 0.307 e. The van der Waals surface area contributed by atoms with E-state index in [1.54, 1.807) is 6.07 Å². The van der Waals surface area contributed by atoms with E-state index >= 15 is 0 Å². The molecular weight excluding hydrogens is 256 g/mol. The van der Waals surface area contributed by atoms with Gasteiger partial charge in [0.25, 0.3) is 0 Å². The van der Waals surface area contributed by atoms with Crippen LogP contribution < -0.4 is 5.32 Å². The molecule has 0 radical (unpaired) electrons. The van der Waals surface area contributed by atoms with Gasteiger partial charge in [-0.3, -0.25) is 0 Å². The van der Waals surface area contributed by atoms with E-state index in [2.05, 4.69) is 12.2 Å². The lowest BCUT2D eigenvalue weighted by atomic mass is 9.83. The highest BCUT2D eigenvalue weighted by Crippen LogP contribution is 2.29. The maximum Gasteiger partial charge on any atom is 0.159 e. The highest BCUT2D eigenvalue weighted by atomic mass is 19.2. The van der Waals surface area contributed by atoms with E-state index in [1.165, 1.54) is 50.7 Å². The Labute approximate surface area is 120 Å². The van der Waals surface area contributed by atoms with Gasteiger partial charge in [-0.1, -0.05) is 25.8 Å². The molecule has 2 rings (SSSR count).